The van der Waals surface area contributed by atoms with Crippen LogP contribution in [0, 0.1) is 0 Å². The summed E-state index contributed by atoms with van der Waals surface area (Å²) in [5.41, 5.74) is 0.798. The standard InChI is InChI=1S/C26H30NO2P/c1-3-4-5-14-21-29-26(27-2)24-19-12-13-20-25(24)30(28,22-15-8-6-9-16-22)23-17-10-7-11-18-23/h6-13,15-20H,3-5,14,21H2,1-2H3. The van der Waals surface area contributed by atoms with Gasteiger partial charge in [0, 0.05) is 28.5 Å². The summed E-state index contributed by atoms with van der Waals surface area (Å²) in [6.45, 7) is 2.81. The van der Waals surface area contributed by atoms with E-state index in [2.05, 4.69) is 11.9 Å². The number of ether oxygens (including phenoxy) is 1. The molecule has 3 aromatic rings. The largest absolute Gasteiger partial charge is 0.477 e. The average Bonchev–Trinajstić information content (AvgIpc) is 2.82. The Hall–Kier alpha value is -2.64. The van der Waals surface area contributed by atoms with Crippen LogP contribution in [0.25, 0.3) is 0 Å². The third-order valence-corrected chi connectivity index (χ3v) is 8.27. The summed E-state index contributed by atoms with van der Waals surface area (Å²) in [4.78, 5) is 4.41. The number of hydrogen-bond donors (Lipinski definition) is 0. The molecule has 0 bridgehead atoms. The summed E-state index contributed by atoms with van der Waals surface area (Å²) in [5, 5.41) is 2.38. The van der Waals surface area contributed by atoms with Crippen molar-refractivity contribution in [1.29, 1.82) is 0 Å². The lowest BCUT2D eigenvalue weighted by Gasteiger charge is -2.23. The molecule has 0 saturated carbocycles. The van der Waals surface area contributed by atoms with Gasteiger partial charge in [-0.3, -0.25) is 4.99 Å². The maximum atomic E-state index is 14.8. The third kappa shape index (κ3) is 4.91. The van der Waals surface area contributed by atoms with E-state index in [1.54, 1.807) is 7.05 Å². The van der Waals surface area contributed by atoms with E-state index >= 15 is 0 Å². The minimum Gasteiger partial charge on any atom is -0.477 e. The van der Waals surface area contributed by atoms with Gasteiger partial charge in [0.25, 0.3) is 0 Å². The maximum Gasteiger partial charge on any atom is 0.216 e. The molecule has 3 aromatic carbocycles. The molecular formula is C26H30NO2P. The van der Waals surface area contributed by atoms with Crippen LogP contribution in [0.1, 0.15) is 38.2 Å². The van der Waals surface area contributed by atoms with Gasteiger partial charge in [-0.25, -0.2) is 0 Å². The van der Waals surface area contributed by atoms with Gasteiger partial charge in [-0.1, -0.05) is 105 Å². The summed E-state index contributed by atoms with van der Waals surface area (Å²) in [5.74, 6) is 0.550. The molecule has 0 unspecified atom stereocenters. The Morgan fingerprint density at radius 1 is 0.800 bits per heavy atom. The first-order valence-corrected chi connectivity index (χ1v) is 12.3. The van der Waals surface area contributed by atoms with Gasteiger partial charge >= 0.3 is 0 Å². The van der Waals surface area contributed by atoms with E-state index in [1.807, 2.05) is 84.9 Å². The van der Waals surface area contributed by atoms with E-state index < -0.39 is 7.14 Å². The van der Waals surface area contributed by atoms with Gasteiger partial charge in [0.15, 0.2) is 7.14 Å². The Labute approximate surface area is 180 Å². The second-order valence-corrected chi connectivity index (χ2v) is 9.97. The van der Waals surface area contributed by atoms with Gasteiger partial charge in [-0.05, 0) is 12.5 Å². The first-order chi connectivity index (χ1) is 14.7. The number of unbranched alkanes of at least 4 members (excludes halogenated alkanes) is 3. The minimum absolute atomic E-state index is 0.550. The molecule has 0 fully saturated rings. The zero-order valence-electron chi connectivity index (χ0n) is 17.8. The van der Waals surface area contributed by atoms with E-state index in [9.17, 15) is 4.57 Å². The van der Waals surface area contributed by atoms with Crippen LogP contribution in [0.4, 0.5) is 0 Å². The lowest BCUT2D eigenvalue weighted by atomic mass is 10.2. The van der Waals surface area contributed by atoms with Crippen molar-refractivity contribution in [2.24, 2.45) is 4.99 Å². The number of nitrogens with zero attached hydrogens (tertiary/aromatic N) is 1. The normalized spacial score (nSPS) is 12.0. The molecule has 3 rings (SSSR count). The zero-order chi connectivity index (χ0) is 21.2. The van der Waals surface area contributed by atoms with E-state index in [0.717, 1.165) is 34.3 Å². The molecule has 0 atom stereocenters. The van der Waals surface area contributed by atoms with Crippen molar-refractivity contribution in [1.82, 2.24) is 0 Å². The quantitative estimate of drug-likeness (QED) is 0.204. The summed E-state index contributed by atoms with van der Waals surface area (Å²) in [6, 6.07) is 27.2. The Morgan fingerprint density at radius 3 is 1.93 bits per heavy atom. The highest BCUT2D eigenvalue weighted by Crippen LogP contribution is 2.43. The number of hydrogen-bond acceptors (Lipinski definition) is 3. The molecule has 0 aliphatic heterocycles. The van der Waals surface area contributed by atoms with Gasteiger partial charge < -0.3 is 9.30 Å². The Balaban J connectivity index is 2.05. The van der Waals surface area contributed by atoms with Crippen LogP contribution in [-0.2, 0) is 9.30 Å². The van der Waals surface area contributed by atoms with Crippen molar-refractivity contribution in [3.8, 4) is 0 Å². The van der Waals surface area contributed by atoms with Crippen molar-refractivity contribution in [2.75, 3.05) is 13.7 Å². The topological polar surface area (TPSA) is 38.7 Å². The molecule has 0 radical (unpaired) electrons. The highest BCUT2D eigenvalue weighted by Gasteiger charge is 2.33. The molecule has 30 heavy (non-hydrogen) atoms. The van der Waals surface area contributed by atoms with Crippen LogP contribution >= 0.6 is 7.14 Å². The summed E-state index contributed by atoms with van der Waals surface area (Å²) in [6.07, 6.45) is 4.52. The van der Waals surface area contributed by atoms with Crippen molar-refractivity contribution >= 4 is 29.0 Å². The highest BCUT2D eigenvalue weighted by molar-refractivity contribution is 7.85. The summed E-state index contributed by atoms with van der Waals surface area (Å²) >= 11 is 0. The predicted molar refractivity (Wildman–Crippen MR) is 128 cm³/mol. The molecule has 0 N–H and O–H groups in total. The van der Waals surface area contributed by atoms with Gasteiger partial charge in [0.2, 0.25) is 5.90 Å². The molecule has 156 valence electrons. The van der Waals surface area contributed by atoms with Crippen molar-refractivity contribution in [3.63, 3.8) is 0 Å². The van der Waals surface area contributed by atoms with Gasteiger partial charge in [-0.15, -0.1) is 0 Å². The molecule has 0 spiro atoms. The van der Waals surface area contributed by atoms with Gasteiger partial charge in [0.1, 0.15) is 0 Å². The molecular weight excluding hydrogens is 389 g/mol. The number of aliphatic imine (C=N–C) groups is 1. The first kappa shape index (κ1) is 22.1. The highest BCUT2D eigenvalue weighted by atomic mass is 31.2. The molecule has 0 heterocycles. The smallest absolute Gasteiger partial charge is 0.216 e. The Bertz CT molecular complexity index is 956. The van der Waals surface area contributed by atoms with Crippen molar-refractivity contribution < 1.29 is 9.30 Å². The first-order valence-electron chi connectivity index (χ1n) is 10.6. The summed E-state index contributed by atoms with van der Waals surface area (Å²) < 4.78 is 20.8. The lowest BCUT2D eigenvalue weighted by molar-refractivity contribution is 0.293. The summed E-state index contributed by atoms with van der Waals surface area (Å²) in [7, 11) is -1.36. The van der Waals surface area contributed by atoms with Crippen LogP contribution in [-0.4, -0.2) is 19.6 Å². The second-order valence-electron chi connectivity index (χ2n) is 7.24. The van der Waals surface area contributed by atoms with E-state index in [-0.39, 0.29) is 0 Å². The molecule has 0 amide bonds. The maximum absolute atomic E-state index is 14.8. The Kier molecular flexibility index (Phi) is 8.04. The van der Waals surface area contributed by atoms with Gasteiger partial charge in [-0.2, -0.15) is 0 Å². The number of benzene rings is 3. The predicted octanol–water partition coefficient (Wildman–Crippen LogP) is 5.30. The van der Waals surface area contributed by atoms with Crippen LogP contribution in [0.5, 0.6) is 0 Å². The molecule has 0 aliphatic carbocycles. The molecule has 0 aromatic heterocycles. The SMILES string of the molecule is CCCCCCOC(=NC)c1ccccc1P(=O)(c1ccccc1)c1ccccc1. The van der Waals surface area contributed by atoms with Crippen LogP contribution < -0.4 is 15.9 Å². The van der Waals surface area contributed by atoms with Crippen molar-refractivity contribution in [3.05, 3.63) is 90.5 Å². The Morgan fingerprint density at radius 2 is 1.37 bits per heavy atom. The van der Waals surface area contributed by atoms with Crippen LogP contribution in [0.3, 0.4) is 0 Å². The third-order valence-electron chi connectivity index (χ3n) is 5.15. The molecule has 4 heteroatoms. The fraction of sp³-hybridized carbons (Fsp3) is 0.269. The average molecular weight is 420 g/mol. The van der Waals surface area contributed by atoms with Gasteiger partial charge in [0.05, 0.1) is 6.61 Å². The van der Waals surface area contributed by atoms with Crippen LogP contribution in [0.15, 0.2) is 89.9 Å². The van der Waals surface area contributed by atoms with E-state index in [4.69, 9.17) is 4.74 Å². The fourth-order valence-corrected chi connectivity index (χ4v) is 6.44. The molecule has 3 nitrogen and oxygen atoms in total. The lowest BCUT2D eigenvalue weighted by Crippen LogP contribution is -2.29. The monoisotopic (exact) mass is 419 g/mol. The number of rotatable bonds is 9. The minimum atomic E-state index is -3.09. The van der Waals surface area contributed by atoms with E-state index in [0.29, 0.717) is 12.5 Å². The fourth-order valence-electron chi connectivity index (χ4n) is 3.59. The molecule has 0 aliphatic rings. The van der Waals surface area contributed by atoms with E-state index in [1.165, 1.54) is 12.8 Å². The zero-order valence-corrected chi connectivity index (χ0v) is 18.7. The van der Waals surface area contributed by atoms with Crippen molar-refractivity contribution in [2.45, 2.75) is 32.6 Å². The van der Waals surface area contributed by atoms with Crippen LogP contribution in [0.2, 0.25) is 0 Å². The molecule has 0 saturated heterocycles. The second kappa shape index (κ2) is 10.9.